The lowest BCUT2D eigenvalue weighted by Crippen LogP contribution is -2.18. The molecule has 16 nitrogen and oxygen atoms in total. The number of hydrogen-bond acceptors (Lipinski definition) is 14. The van der Waals surface area contributed by atoms with Crippen LogP contribution in [0, 0.1) is 0 Å². The smallest absolute Gasteiger partial charge is 0.328 e. The summed E-state index contributed by atoms with van der Waals surface area (Å²) in [7, 11) is 2.66. The van der Waals surface area contributed by atoms with Crippen molar-refractivity contribution in [2.45, 2.75) is 37.7 Å². The zero-order valence-electron chi connectivity index (χ0n) is 28.9. The predicted molar refractivity (Wildman–Crippen MR) is 189 cm³/mol. The standard InChI is InChI=1S/C18H14O8.2C10H12O4/c19-10-4-2-9(7-12(10)21)16-15(18(24)25)14-8(3-6-13(22)23)1-5-11(20)17(14)26-16;2*1-14-10(13)5-3-7-2-4-8(11)9(12)6-7/h1-7,15-16,19-21H,(H,22,23)(H,24,25);2*2,4,6,11-12H,3,5H2,1H3/b6-3+;;. The van der Waals surface area contributed by atoms with Crippen molar-refractivity contribution in [1.29, 1.82) is 0 Å². The molecule has 0 bridgehead atoms. The van der Waals surface area contributed by atoms with Crippen molar-refractivity contribution in [2.75, 3.05) is 14.2 Å². The Morgan fingerprint density at radius 1 is 0.630 bits per heavy atom. The van der Waals surface area contributed by atoms with E-state index in [1.807, 2.05) is 0 Å². The highest BCUT2D eigenvalue weighted by atomic mass is 16.5. The van der Waals surface area contributed by atoms with Crippen LogP contribution in [0.1, 0.15) is 52.7 Å². The summed E-state index contributed by atoms with van der Waals surface area (Å²) in [5.41, 5.74) is 2.25. The third-order valence-corrected chi connectivity index (χ3v) is 7.84. The number of rotatable bonds is 10. The van der Waals surface area contributed by atoms with Crippen LogP contribution in [-0.4, -0.2) is 84.1 Å². The number of aryl methyl sites for hydroxylation is 2. The predicted octanol–water partition coefficient (Wildman–Crippen LogP) is 4.61. The normalized spacial score (nSPS) is 14.0. The molecule has 0 amide bonds. The quantitative estimate of drug-likeness (QED) is 0.0608. The van der Waals surface area contributed by atoms with E-state index in [-0.39, 0.29) is 81.7 Å². The van der Waals surface area contributed by atoms with Gasteiger partial charge in [-0.25, -0.2) is 4.79 Å². The summed E-state index contributed by atoms with van der Waals surface area (Å²) in [6.45, 7) is 0. The highest BCUT2D eigenvalue weighted by Crippen LogP contribution is 2.52. The second-order valence-corrected chi connectivity index (χ2v) is 11.5. The summed E-state index contributed by atoms with van der Waals surface area (Å²) in [5, 5.41) is 84.0. The maximum absolute atomic E-state index is 11.9. The topological polar surface area (TPSA) is 278 Å². The fourth-order valence-corrected chi connectivity index (χ4v) is 5.08. The van der Waals surface area contributed by atoms with Crippen molar-refractivity contribution in [2.24, 2.45) is 0 Å². The van der Waals surface area contributed by atoms with Crippen LogP contribution in [0.25, 0.3) is 6.08 Å². The number of benzene rings is 4. The number of esters is 2. The molecular formula is C38H38O16. The van der Waals surface area contributed by atoms with Gasteiger partial charge in [-0.1, -0.05) is 24.3 Å². The van der Waals surface area contributed by atoms with E-state index in [1.54, 1.807) is 12.1 Å². The van der Waals surface area contributed by atoms with E-state index < -0.39 is 29.7 Å². The van der Waals surface area contributed by atoms with Gasteiger partial charge in [0.25, 0.3) is 0 Å². The van der Waals surface area contributed by atoms with E-state index >= 15 is 0 Å². The van der Waals surface area contributed by atoms with Crippen molar-refractivity contribution in [3.05, 3.63) is 101 Å². The number of ether oxygens (including phenoxy) is 3. The van der Waals surface area contributed by atoms with Gasteiger partial charge in [0.15, 0.2) is 46.0 Å². The molecule has 9 N–H and O–H groups in total. The molecule has 0 spiro atoms. The van der Waals surface area contributed by atoms with Crippen molar-refractivity contribution in [1.82, 2.24) is 0 Å². The van der Waals surface area contributed by atoms with Gasteiger partial charge in [-0.3, -0.25) is 14.4 Å². The number of aromatic hydroxyl groups is 7. The highest BCUT2D eigenvalue weighted by Gasteiger charge is 2.43. The van der Waals surface area contributed by atoms with Gasteiger partial charge in [0, 0.05) is 24.5 Å². The van der Waals surface area contributed by atoms with E-state index in [2.05, 4.69) is 9.47 Å². The molecular weight excluding hydrogens is 712 g/mol. The molecule has 2 unspecified atom stereocenters. The summed E-state index contributed by atoms with van der Waals surface area (Å²) in [6.07, 6.45) is 2.49. The number of phenolic OH excluding ortho intramolecular Hbond substituents is 7. The SMILES string of the molecule is COC(=O)CCc1ccc(O)c(O)c1.COC(=O)CCc1ccc(O)c(O)c1.O=C(O)/C=C/c1ccc(O)c2c1C(C(=O)O)C(c1ccc(O)c(O)c1)O2. The first-order valence-corrected chi connectivity index (χ1v) is 15.9. The van der Waals surface area contributed by atoms with Gasteiger partial charge in [0.05, 0.1) is 14.2 Å². The van der Waals surface area contributed by atoms with Crippen LogP contribution in [0.5, 0.6) is 46.0 Å². The number of hydrogen-bond donors (Lipinski definition) is 9. The molecule has 0 radical (unpaired) electrons. The fourth-order valence-electron chi connectivity index (χ4n) is 5.08. The molecule has 1 aliphatic rings. The maximum Gasteiger partial charge on any atom is 0.328 e. The van der Waals surface area contributed by atoms with Crippen molar-refractivity contribution in [3.8, 4) is 46.0 Å². The van der Waals surface area contributed by atoms with E-state index in [1.165, 1.54) is 74.9 Å². The van der Waals surface area contributed by atoms with Crippen LogP contribution < -0.4 is 4.74 Å². The Labute approximate surface area is 307 Å². The Morgan fingerprint density at radius 3 is 1.52 bits per heavy atom. The number of phenols is 7. The monoisotopic (exact) mass is 750 g/mol. The first-order valence-electron chi connectivity index (χ1n) is 15.9. The van der Waals surface area contributed by atoms with Crippen LogP contribution in [0.4, 0.5) is 0 Å². The van der Waals surface area contributed by atoms with Crippen LogP contribution in [0.15, 0.2) is 72.8 Å². The molecule has 0 fully saturated rings. The van der Waals surface area contributed by atoms with Gasteiger partial charge in [-0.15, -0.1) is 0 Å². The number of aliphatic carboxylic acids is 2. The van der Waals surface area contributed by atoms with E-state index in [0.29, 0.717) is 12.8 Å². The minimum atomic E-state index is -1.26. The Balaban J connectivity index is 0.000000238. The first kappa shape index (κ1) is 41.3. The molecule has 0 aromatic heterocycles. The van der Waals surface area contributed by atoms with Crippen LogP contribution in [-0.2, 0) is 41.5 Å². The highest BCUT2D eigenvalue weighted by molar-refractivity contribution is 5.88. The summed E-state index contributed by atoms with van der Waals surface area (Å²) in [4.78, 5) is 44.3. The average Bonchev–Trinajstić information content (AvgIpc) is 3.56. The molecule has 286 valence electrons. The Kier molecular flexibility index (Phi) is 14.5. The average molecular weight is 751 g/mol. The lowest BCUT2D eigenvalue weighted by molar-refractivity contribution is -0.141. The van der Waals surface area contributed by atoms with Gasteiger partial charge in [0.1, 0.15) is 12.0 Å². The zero-order chi connectivity index (χ0) is 40.1. The van der Waals surface area contributed by atoms with E-state index in [0.717, 1.165) is 17.2 Å². The van der Waals surface area contributed by atoms with Gasteiger partial charge in [0.2, 0.25) is 0 Å². The fraction of sp³-hybridized carbons (Fsp3) is 0.211. The van der Waals surface area contributed by atoms with E-state index in [9.17, 15) is 39.6 Å². The lowest BCUT2D eigenvalue weighted by Gasteiger charge is -2.17. The molecule has 2 atom stereocenters. The van der Waals surface area contributed by atoms with Crippen molar-refractivity contribution < 1.29 is 79.3 Å². The molecule has 1 aliphatic heterocycles. The van der Waals surface area contributed by atoms with Crippen LogP contribution >= 0.6 is 0 Å². The number of methoxy groups -OCH3 is 2. The van der Waals surface area contributed by atoms with Crippen molar-refractivity contribution in [3.63, 3.8) is 0 Å². The van der Waals surface area contributed by atoms with Gasteiger partial charge >= 0.3 is 23.9 Å². The second-order valence-electron chi connectivity index (χ2n) is 11.5. The molecule has 16 heteroatoms. The maximum atomic E-state index is 11.9. The van der Waals surface area contributed by atoms with Gasteiger partial charge in [-0.2, -0.15) is 0 Å². The molecule has 0 saturated heterocycles. The number of fused-ring (bicyclic) bond motifs is 1. The summed E-state index contributed by atoms with van der Waals surface area (Å²) in [5.74, 6) is -6.14. The molecule has 54 heavy (non-hydrogen) atoms. The Hall–Kier alpha value is -7.10. The summed E-state index contributed by atoms with van der Waals surface area (Å²) < 4.78 is 14.6. The molecule has 0 saturated carbocycles. The van der Waals surface area contributed by atoms with Gasteiger partial charge < -0.3 is 60.2 Å². The molecule has 0 aliphatic carbocycles. The van der Waals surface area contributed by atoms with Crippen LogP contribution in [0.2, 0.25) is 0 Å². The lowest BCUT2D eigenvalue weighted by atomic mass is 9.88. The van der Waals surface area contributed by atoms with Crippen LogP contribution in [0.3, 0.4) is 0 Å². The third kappa shape index (κ3) is 11.2. The first-order chi connectivity index (χ1) is 25.6. The molecule has 1 heterocycles. The number of carboxylic acids is 2. The summed E-state index contributed by atoms with van der Waals surface area (Å²) in [6, 6.07) is 15.4. The Bertz CT molecular complexity index is 1950. The molecule has 4 aromatic rings. The number of carboxylic acid groups (broad SMARTS) is 2. The molecule has 5 rings (SSSR count). The summed E-state index contributed by atoms with van der Waals surface area (Å²) >= 11 is 0. The minimum absolute atomic E-state index is 0.0671. The van der Waals surface area contributed by atoms with Crippen molar-refractivity contribution >= 4 is 30.0 Å². The van der Waals surface area contributed by atoms with Gasteiger partial charge in [-0.05, 0) is 83.6 Å². The largest absolute Gasteiger partial charge is 0.504 e. The Morgan fingerprint density at radius 2 is 1.09 bits per heavy atom. The number of carbonyl (C=O) groups excluding carboxylic acids is 2. The molecule has 4 aromatic carbocycles. The minimum Gasteiger partial charge on any atom is -0.504 e. The number of carbonyl (C=O) groups is 4. The zero-order valence-corrected chi connectivity index (χ0v) is 28.9. The van der Waals surface area contributed by atoms with E-state index in [4.69, 9.17) is 30.3 Å². The second kappa shape index (κ2) is 18.9. The third-order valence-electron chi connectivity index (χ3n) is 7.84.